The van der Waals surface area contributed by atoms with Crippen molar-refractivity contribution in [2.24, 2.45) is 0 Å². The zero-order valence-corrected chi connectivity index (χ0v) is 16.2. The van der Waals surface area contributed by atoms with E-state index in [2.05, 4.69) is 10.9 Å². The molecule has 0 unspecified atom stereocenters. The fourth-order valence-corrected chi connectivity index (χ4v) is 2.59. The van der Waals surface area contributed by atoms with E-state index in [0.29, 0.717) is 39.3 Å². The molecule has 8 heteroatoms. The summed E-state index contributed by atoms with van der Waals surface area (Å²) in [5.74, 6) is -0.0636. The van der Waals surface area contributed by atoms with E-state index < -0.39 is 11.8 Å². The summed E-state index contributed by atoms with van der Waals surface area (Å²) >= 11 is 11.8. The van der Waals surface area contributed by atoms with Crippen LogP contribution in [-0.2, 0) is 4.79 Å². The molecule has 2 N–H and O–H groups in total. The molecule has 6 nitrogen and oxygen atoms in total. The predicted molar refractivity (Wildman–Crippen MR) is 105 cm³/mol. The van der Waals surface area contributed by atoms with E-state index >= 15 is 0 Å². The van der Waals surface area contributed by atoms with Crippen LogP contribution in [0.1, 0.15) is 22.8 Å². The molecule has 0 aliphatic carbocycles. The second kappa shape index (κ2) is 9.85. The Morgan fingerprint density at radius 1 is 1.07 bits per heavy atom. The number of ether oxygens (including phenoxy) is 2. The van der Waals surface area contributed by atoms with E-state index in [1.165, 1.54) is 25.3 Å². The Kier molecular flexibility index (Phi) is 7.52. The maximum atomic E-state index is 12.2. The predicted octanol–water partition coefficient (Wildman–Crippen LogP) is 3.88. The third-order valence-electron chi connectivity index (χ3n) is 3.40. The number of hydrazine groups is 1. The van der Waals surface area contributed by atoms with Gasteiger partial charge in [0.1, 0.15) is 0 Å². The summed E-state index contributed by atoms with van der Waals surface area (Å²) in [6.07, 6.45) is 2.76. The quantitative estimate of drug-likeness (QED) is 0.561. The van der Waals surface area contributed by atoms with Crippen molar-refractivity contribution in [1.29, 1.82) is 0 Å². The van der Waals surface area contributed by atoms with Crippen LogP contribution in [0, 0.1) is 0 Å². The normalized spacial score (nSPS) is 10.5. The molecule has 0 saturated heterocycles. The minimum Gasteiger partial charge on any atom is -0.493 e. The lowest BCUT2D eigenvalue weighted by atomic mass is 10.2. The molecular weight excluding hydrogens is 391 g/mol. The highest BCUT2D eigenvalue weighted by molar-refractivity contribution is 6.35. The molecule has 0 aliphatic heterocycles. The van der Waals surface area contributed by atoms with Gasteiger partial charge in [0.2, 0.25) is 0 Å². The first-order chi connectivity index (χ1) is 12.9. The molecule has 0 aromatic heterocycles. The van der Waals surface area contributed by atoms with Crippen LogP contribution in [0.25, 0.3) is 6.08 Å². The molecule has 0 spiro atoms. The number of carbonyl (C=O) groups excluding carboxylic acids is 2. The van der Waals surface area contributed by atoms with E-state index in [1.54, 1.807) is 30.3 Å². The molecule has 0 atom stereocenters. The molecule has 0 saturated carbocycles. The van der Waals surface area contributed by atoms with Crippen molar-refractivity contribution in [3.8, 4) is 11.5 Å². The fraction of sp³-hybridized carbons (Fsp3) is 0.158. The molecular formula is C19H18Cl2N2O4. The Bertz CT molecular complexity index is 869. The average Bonchev–Trinajstić information content (AvgIpc) is 2.66. The van der Waals surface area contributed by atoms with Crippen LogP contribution in [0.2, 0.25) is 10.0 Å². The first-order valence-electron chi connectivity index (χ1n) is 7.99. The van der Waals surface area contributed by atoms with E-state index in [-0.39, 0.29) is 0 Å². The monoisotopic (exact) mass is 408 g/mol. The van der Waals surface area contributed by atoms with Crippen molar-refractivity contribution in [3.63, 3.8) is 0 Å². The lowest BCUT2D eigenvalue weighted by Gasteiger charge is -2.11. The molecule has 2 aromatic carbocycles. The van der Waals surface area contributed by atoms with Crippen molar-refractivity contribution in [1.82, 2.24) is 10.9 Å². The van der Waals surface area contributed by atoms with Crippen molar-refractivity contribution >= 4 is 41.1 Å². The van der Waals surface area contributed by atoms with Gasteiger partial charge in [0.15, 0.2) is 11.5 Å². The van der Waals surface area contributed by atoms with E-state index in [1.807, 2.05) is 6.92 Å². The zero-order valence-electron chi connectivity index (χ0n) is 14.7. The molecule has 142 valence electrons. The van der Waals surface area contributed by atoms with Gasteiger partial charge < -0.3 is 9.47 Å². The summed E-state index contributed by atoms with van der Waals surface area (Å²) in [7, 11) is 1.48. The third-order valence-corrected chi connectivity index (χ3v) is 3.96. The van der Waals surface area contributed by atoms with Crippen molar-refractivity contribution < 1.29 is 19.1 Å². The minimum absolute atomic E-state index is 0.306. The van der Waals surface area contributed by atoms with Crippen molar-refractivity contribution in [2.75, 3.05) is 13.7 Å². The Hall–Kier alpha value is -2.70. The smallest absolute Gasteiger partial charge is 0.269 e. The molecule has 0 fully saturated rings. The van der Waals surface area contributed by atoms with E-state index in [9.17, 15) is 9.59 Å². The van der Waals surface area contributed by atoms with Crippen LogP contribution >= 0.6 is 23.2 Å². The van der Waals surface area contributed by atoms with Crippen LogP contribution < -0.4 is 20.3 Å². The zero-order chi connectivity index (χ0) is 19.8. The summed E-state index contributed by atoms with van der Waals surface area (Å²) in [5, 5.41) is 0.914. The van der Waals surface area contributed by atoms with Gasteiger partial charge in [-0.1, -0.05) is 29.3 Å². The Balaban J connectivity index is 1.96. The first-order valence-corrected chi connectivity index (χ1v) is 8.74. The SMILES string of the molecule is CCOc1ccc(C(=O)NNC(=O)/C=C/c2ccc(Cl)cc2Cl)cc1OC. The summed E-state index contributed by atoms with van der Waals surface area (Å²) in [4.78, 5) is 24.0. The standard InChI is InChI=1S/C19H18Cl2N2O4/c1-3-27-16-8-5-13(10-17(16)26-2)19(25)23-22-18(24)9-6-12-4-7-14(20)11-15(12)21/h4-11H,3H2,1-2H3,(H,22,24)(H,23,25)/b9-6+. The largest absolute Gasteiger partial charge is 0.493 e. The van der Waals surface area contributed by atoms with Gasteiger partial charge in [0, 0.05) is 21.7 Å². The Labute approximate surface area is 167 Å². The van der Waals surface area contributed by atoms with Gasteiger partial charge in [-0.05, 0) is 48.9 Å². The van der Waals surface area contributed by atoms with Gasteiger partial charge in [-0.15, -0.1) is 0 Å². The van der Waals surface area contributed by atoms with E-state index in [0.717, 1.165) is 0 Å². The fourth-order valence-electron chi connectivity index (χ4n) is 2.12. The van der Waals surface area contributed by atoms with E-state index in [4.69, 9.17) is 32.7 Å². The average molecular weight is 409 g/mol. The Morgan fingerprint density at radius 3 is 2.52 bits per heavy atom. The molecule has 27 heavy (non-hydrogen) atoms. The van der Waals surface area contributed by atoms with Gasteiger partial charge in [-0.25, -0.2) is 0 Å². The van der Waals surface area contributed by atoms with Gasteiger partial charge in [-0.3, -0.25) is 20.4 Å². The number of halogens is 2. The number of hydrogen-bond donors (Lipinski definition) is 2. The van der Waals surface area contributed by atoms with Crippen LogP contribution in [-0.4, -0.2) is 25.5 Å². The molecule has 2 amide bonds. The first kappa shape index (κ1) is 20.6. The van der Waals surface area contributed by atoms with Gasteiger partial charge >= 0.3 is 0 Å². The van der Waals surface area contributed by atoms with Crippen LogP contribution in [0.15, 0.2) is 42.5 Å². The summed E-state index contributed by atoms with van der Waals surface area (Å²) in [6, 6.07) is 9.63. The molecule has 2 aromatic rings. The molecule has 2 rings (SSSR count). The topological polar surface area (TPSA) is 76.7 Å². The van der Waals surface area contributed by atoms with Crippen LogP contribution in [0.4, 0.5) is 0 Å². The second-order valence-corrected chi connectivity index (χ2v) is 6.08. The van der Waals surface area contributed by atoms with Crippen LogP contribution in [0.5, 0.6) is 11.5 Å². The highest BCUT2D eigenvalue weighted by Gasteiger charge is 2.11. The molecule has 0 aliphatic rings. The summed E-state index contributed by atoms with van der Waals surface area (Å²) in [6.45, 7) is 2.32. The summed E-state index contributed by atoms with van der Waals surface area (Å²) in [5.41, 5.74) is 5.54. The van der Waals surface area contributed by atoms with Crippen molar-refractivity contribution in [3.05, 3.63) is 63.6 Å². The van der Waals surface area contributed by atoms with Crippen molar-refractivity contribution in [2.45, 2.75) is 6.92 Å². The van der Waals surface area contributed by atoms with Gasteiger partial charge in [0.05, 0.1) is 13.7 Å². The second-order valence-electron chi connectivity index (χ2n) is 5.24. The maximum absolute atomic E-state index is 12.2. The number of carbonyl (C=O) groups is 2. The molecule has 0 bridgehead atoms. The molecule has 0 heterocycles. The minimum atomic E-state index is -0.521. The number of rotatable bonds is 6. The summed E-state index contributed by atoms with van der Waals surface area (Å²) < 4.78 is 10.6. The molecule has 0 radical (unpaired) electrons. The number of methoxy groups -OCH3 is 1. The number of nitrogens with one attached hydrogen (secondary N) is 2. The van der Waals surface area contributed by atoms with Crippen LogP contribution in [0.3, 0.4) is 0 Å². The highest BCUT2D eigenvalue weighted by Crippen LogP contribution is 2.28. The highest BCUT2D eigenvalue weighted by atomic mass is 35.5. The number of hydrogen-bond acceptors (Lipinski definition) is 4. The third kappa shape index (κ3) is 5.91. The number of benzene rings is 2. The van der Waals surface area contributed by atoms with Gasteiger partial charge in [0.25, 0.3) is 11.8 Å². The number of amides is 2. The lowest BCUT2D eigenvalue weighted by molar-refractivity contribution is -0.117. The Morgan fingerprint density at radius 2 is 1.85 bits per heavy atom. The maximum Gasteiger partial charge on any atom is 0.269 e. The lowest BCUT2D eigenvalue weighted by Crippen LogP contribution is -2.40. The van der Waals surface area contributed by atoms with Gasteiger partial charge in [-0.2, -0.15) is 0 Å².